The number of nitro groups is 1. The highest BCUT2D eigenvalue weighted by Gasteiger charge is 2.43. The molecule has 0 aliphatic heterocycles. The summed E-state index contributed by atoms with van der Waals surface area (Å²) in [5, 5.41) is 22.0. The molecule has 2 atom stereocenters. The lowest BCUT2D eigenvalue weighted by molar-refractivity contribution is -0.526. The zero-order valence-corrected chi connectivity index (χ0v) is 18.3. The van der Waals surface area contributed by atoms with E-state index in [4.69, 9.17) is 9.47 Å². The van der Waals surface area contributed by atoms with Gasteiger partial charge in [0.2, 0.25) is 6.04 Å². The molecule has 0 saturated heterocycles. The number of hydrogen-bond donors (Lipinski definition) is 1. The van der Waals surface area contributed by atoms with Gasteiger partial charge < -0.3 is 14.6 Å². The Bertz CT molecular complexity index is 1000. The van der Waals surface area contributed by atoms with Crippen molar-refractivity contribution in [2.75, 3.05) is 19.1 Å². The molecule has 2 aromatic rings. The van der Waals surface area contributed by atoms with Crippen LogP contribution < -0.4 is 14.4 Å². The molecule has 1 aromatic carbocycles. The van der Waals surface area contributed by atoms with Gasteiger partial charge in [0.15, 0.2) is 11.5 Å². The van der Waals surface area contributed by atoms with E-state index in [1.807, 2.05) is 6.07 Å². The maximum Gasteiger partial charge on any atom is 0.413 e. The summed E-state index contributed by atoms with van der Waals surface area (Å²) < 4.78 is 10.8. The van der Waals surface area contributed by atoms with Gasteiger partial charge in [0, 0.05) is 28.6 Å². The van der Waals surface area contributed by atoms with Crippen LogP contribution in [0.5, 0.6) is 11.5 Å². The molecule has 9 heteroatoms. The van der Waals surface area contributed by atoms with E-state index in [0.29, 0.717) is 29.9 Å². The topological polar surface area (TPSA) is 115 Å². The Kier molecular flexibility index (Phi) is 6.06. The predicted octanol–water partition coefficient (Wildman–Crippen LogP) is 4.11. The maximum absolute atomic E-state index is 12.1. The van der Waals surface area contributed by atoms with Crippen LogP contribution in [0, 0.1) is 10.1 Å². The number of nitrogens with zero attached hydrogens (tertiary/aromatic N) is 3. The largest absolute Gasteiger partial charge is 0.493 e. The Hall–Kier alpha value is -3.36. The number of methoxy groups -OCH3 is 2. The molecule has 9 nitrogen and oxygen atoms in total. The Morgan fingerprint density at radius 1 is 1.23 bits per heavy atom. The first-order chi connectivity index (χ1) is 14.6. The van der Waals surface area contributed by atoms with Gasteiger partial charge in [0.1, 0.15) is 5.82 Å². The van der Waals surface area contributed by atoms with Crippen LogP contribution >= 0.6 is 0 Å². The smallest absolute Gasteiger partial charge is 0.413 e. The standard InChI is InChI=1S/C22H27N3O6/c1-22(2,3)24(21(26)27)20-14(7-6-10-23-20)19-15-12-18(31-5)17(30-4)11-13(15)8-9-16(19)25(28)29/h6-7,10-12,16,19H,8-9H2,1-5H3,(H,26,27)/t16-,19-/m1/s1. The molecule has 0 spiro atoms. The molecule has 1 aliphatic rings. The number of aryl methyl sites for hydroxylation is 1. The van der Waals surface area contributed by atoms with E-state index in [1.165, 1.54) is 20.4 Å². The Labute approximate surface area is 180 Å². The molecule has 0 radical (unpaired) electrons. The molecule has 1 aromatic heterocycles. The molecule has 1 heterocycles. The predicted molar refractivity (Wildman–Crippen MR) is 115 cm³/mol. The lowest BCUT2D eigenvalue weighted by atomic mass is 9.75. The number of rotatable bonds is 5. The van der Waals surface area contributed by atoms with Gasteiger partial charge in [-0.1, -0.05) is 6.07 Å². The molecule has 0 saturated carbocycles. The molecule has 0 unspecified atom stereocenters. The van der Waals surface area contributed by atoms with Gasteiger partial charge in [0.25, 0.3) is 0 Å². The lowest BCUT2D eigenvalue weighted by Crippen LogP contribution is -2.47. The second-order valence-electron chi connectivity index (χ2n) is 8.48. The number of hydrogen-bond acceptors (Lipinski definition) is 6. The third-order valence-corrected chi connectivity index (χ3v) is 5.57. The van der Waals surface area contributed by atoms with Crippen molar-refractivity contribution in [1.82, 2.24) is 4.98 Å². The summed E-state index contributed by atoms with van der Waals surface area (Å²) in [6, 6.07) is 6.06. The van der Waals surface area contributed by atoms with Crippen LogP contribution in [0.1, 0.15) is 49.8 Å². The van der Waals surface area contributed by atoms with E-state index in [0.717, 1.165) is 16.0 Å². The quantitative estimate of drug-likeness (QED) is 0.562. The fraction of sp³-hybridized carbons (Fsp3) is 0.455. The lowest BCUT2D eigenvalue weighted by Gasteiger charge is -2.36. The van der Waals surface area contributed by atoms with Crippen LogP contribution in [0.15, 0.2) is 30.5 Å². The molecular weight excluding hydrogens is 402 g/mol. The van der Waals surface area contributed by atoms with Crippen LogP contribution in [-0.4, -0.2) is 46.9 Å². The molecule has 31 heavy (non-hydrogen) atoms. The highest BCUT2D eigenvalue weighted by Crippen LogP contribution is 2.45. The van der Waals surface area contributed by atoms with Gasteiger partial charge in [-0.3, -0.25) is 15.0 Å². The number of carboxylic acid groups (broad SMARTS) is 1. The molecule has 0 fully saturated rings. The van der Waals surface area contributed by atoms with E-state index in [2.05, 4.69) is 4.98 Å². The summed E-state index contributed by atoms with van der Waals surface area (Å²) in [6.07, 6.45) is 1.15. The highest BCUT2D eigenvalue weighted by molar-refractivity contribution is 5.87. The minimum Gasteiger partial charge on any atom is -0.493 e. The van der Waals surface area contributed by atoms with Gasteiger partial charge in [-0.2, -0.15) is 0 Å². The fourth-order valence-corrected chi connectivity index (χ4v) is 4.26. The SMILES string of the molecule is COc1cc2c(cc1OC)[C@@H](c1cccnc1N(C(=O)O)C(C)(C)C)[C@H]([N+](=O)[O-])CC2. The van der Waals surface area contributed by atoms with E-state index < -0.39 is 23.6 Å². The summed E-state index contributed by atoms with van der Waals surface area (Å²) in [4.78, 5) is 29.4. The number of pyridine rings is 1. The first-order valence-electron chi connectivity index (χ1n) is 9.96. The first kappa shape index (κ1) is 22.3. The van der Waals surface area contributed by atoms with Crippen molar-refractivity contribution >= 4 is 11.9 Å². The van der Waals surface area contributed by atoms with Crippen molar-refractivity contribution in [3.05, 3.63) is 57.3 Å². The van der Waals surface area contributed by atoms with Crippen molar-refractivity contribution in [3.8, 4) is 11.5 Å². The number of carbonyl (C=O) groups is 1. The third-order valence-electron chi connectivity index (χ3n) is 5.57. The number of amides is 1. The summed E-state index contributed by atoms with van der Waals surface area (Å²) in [5.41, 5.74) is 1.33. The van der Waals surface area contributed by atoms with E-state index in [-0.39, 0.29) is 10.7 Å². The van der Waals surface area contributed by atoms with Crippen molar-refractivity contribution in [2.24, 2.45) is 0 Å². The number of aromatic nitrogens is 1. The monoisotopic (exact) mass is 429 g/mol. The average molecular weight is 429 g/mol. The van der Waals surface area contributed by atoms with Crippen molar-refractivity contribution in [3.63, 3.8) is 0 Å². The minimum atomic E-state index is -1.17. The van der Waals surface area contributed by atoms with Crippen LogP contribution in [0.4, 0.5) is 10.6 Å². The summed E-state index contributed by atoms with van der Waals surface area (Å²) in [6.45, 7) is 5.27. The number of anilines is 1. The second-order valence-corrected chi connectivity index (χ2v) is 8.48. The van der Waals surface area contributed by atoms with Crippen LogP contribution in [0.2, 0.25) is 0 Å². The van der Waals surface area contributed by atoms with Crippen LogP contribution in [0.25, 0.3) is 0 Å². The van der Waals surface area contributed by atoms with E-state index >= 15 is 0 Å². The first-order valence-corrected chi connectivity index (χ1v) is 9.96. The second kappa shape index (κ2) is 8.41. The number of ether oxygens (including phenoxy) is 2. The minimum absolute atomic E-state index is 0.196. The zero-order chi connectivity index (χ0) is 22.9. The summed E-state index contributed by atoms with van der Waals surface area (Å²) >= 11 is 0. The Balaban J connectivity index is 2.29. The Morgan fingerprint density at radius 3 is 2.42 bits per heavy atom. The summed E-state index contributed by atoms with van der Waals surface area (Å²) in [5.74, 6) is 0.521. The van der Waals surface area contributed by atoms with Crippen molar-refractivity contribution in [1.29, 1.82) is 0 Å². The maximum atomic E-state index is 12.1. The van der Waals surface area contributed by atoms with Crippen molar-refractivity contribution < 1.29 is 24.3 Å². The van der Waals surface area contributed by atoms with Gasteiger partial charge in [-0.05, 0) is 56.5 Å². The van der Waals surface area contributed by atoms with Crippen LogP contribution in [-0.2, 0) is 6.42 Å². The molecule has 1 N–H and O–H groups in total. The molecule has 166 valence electrons. The van der Waals surface area contributed by atoms with Crippen molar-refractivity contribution in [2.45, 2.75) is 51.1 Å². The van der Waals surface area contributed by atoms with E-state index in [9.17, 15) is 20.0 Å². The highest BCUT2D eigenvalue weighted by atomic mass is 16.6. The Morgan fingerprint density at radius 2 is 1.87 bits per heavy atom. The molecule has 1 aliphatic carbocycles. The van der Waals surface area contributed by atoms with E-state index in [1.54, 1.807) is 39.0 Å². The molecule has 1 amide bonds. The molecule has 3 rings (SSSR count). The number of fused-ring (bicyclic) bond motifs is 1. The number of benzene rings is 1. The van der Waals surface area contributed by atoms with Gasteiger partial charge >= 0.3 is 6.09 Å². The van der Waals surface area contributed by atoms with Gasteiger partial charge in [-0.15, -0.1) is 0 Å². The van der Waals surface area contributed by atoms with Crippen LogP contribution in [0.3, 0.4) is 0 Å². The average Bonchev–Trinajstić information content (AvgIpc) is 2.70. The third kappa shape index (κ3) is 4.12. The van der Waals surface area contributed by atoms with Gasteiger partial charge in [0.05, 0.1) is 20.1 Å². The zero-order valence-electron chi connectivity index (χ0n) is 18.3. The fourth-order valence-electron chi connectivity index (χ4n) is 4.26. The molecule has 0 bridgehead atoms. The molecular formula is C22H27N3O6. The van der Waals surface area contributed by atoms with Gasteiger partial charge in [-0.25, -0.2) is 9.78 Å². The normalized spacial score (nSPS) is 18.1. The summed E-state index contributed by atoms with van der Waals surface area (Å²) in [7, 11) is 3.05.